The van der Waals surface area contributed by atoms with Crippen LogP contribution in [0.1, 0.15) is 31.7 Å². The molecule has 1 aromatic carbocycles. The third-order valence-electron chi connectivity index (χ3n) is 4.64. The van der Waals surface area contributed by atoms with E-state index < -0.39 is 5.79 Å². The first kappa shape index (κ1) is 14.3. The number of halogens is 1. The van der Waals surface area contributed by atoms with Crippen LogP contribution in [0.25, 0.3) is 0 Å². The standard InChI is InChI=1S/C16H21ClO3/c1-3-8-15-10-19-16(20-11-15,9-14(15)18-2)12-4-6-13(17)7-5-12/h4-7,14H,3,8-11H2,1-2H3. The summed E-state index contributed by atoms with van der Waals surface area (Å²) in [6.45, 7) is 3.58. The van der Waals surface area contributed by atoms with Gasteiger partial charge in [0.1, 0.15) is 0 Å². The molecule has 1 atom stereocenters. The lowest BCUT2D eigenvalue weighted by molar-refractivity contribution is -0.378. The van der Waals surface area contributed by atoms with E-state index in [1.54, 1.807) is 7.11 Å². The van der Waals surface area contributed by atoms with Crippen LogP contribution in [0.3, 0.4) is 0 Å². The molecule has 0 aliphatic carbocycles. The van der Waals surface area contributed by atoms with Crippen LogP contribution in [0, 0.1) is 5.41 Å². The molecular formula is C16H21ClO3. The van der Waals surface area contributed by atoms with Crippen LogP contribution < -0.4 is 0 Å². The Balaban J connectivity index is 1.89. The van der Waals surface area contributed by atoms with E-state index in [1.165, 1.54) is 0 Å². The summed E-state index contributed by atoms with van der Waals surface area (Å²) in [5.41, 5.74) is 1.03. The monoisotopic (exact) mass is 296 g/mol. The van der Waals surface area contributed by atoms with E-state index in [-0.39, 0.29) is 11.5 Å². The van der Waals surface area contributed by atoms with Crippen LogP contribution in [0.4, 0.5) is 0 Å². The molecule has 4 rings (SSSR count). The minimum Gasteiger partial charge on any atom is -0.380 e. The zero-order chi connectivity index (χ0) is 14.2. The Bertz CT molecular complexity index is 463. The second-order valence-corrected chi connectivity index (χ2v) is 6.31. The van der Waals surface area contributed by atoms with Crippen molar-refractivity contribution in [1.82, 2.24) is 0 Å². The van der Waals surface area contributed by atoms with Crippen molar-refractivity contribution in [1.29, 1.82) is 0 Å². The third-order valence-corrected chi connectivity index (χ3v) is 4.89. The molecule has 1 aromatic rings. The Morgan fingerprint density at radius 1 is 1.25 bits per heavy atom. The predicted octanol–water partition coefficient (Wildman–Crippen LogP) is 3.74. The highest BCUT2D eigenvalue weighted by Gasteiger charge is 2.57. The van der Waals surface area contributed by atoms with Gasteiger partial charge in [0.25, 0.3) is 0 Å². The van der Waals surface area contributed by atoms with E-state index >= 15 is 0 Å². The summed E-state index contributed by atoms with van der Waals surface area (Å²) in [4.78, 5) is 0. The maximum absolute atomic E-state index is 6.13. The number of fused-ring (bicyclic) bond motifs is 3. The predicted molar refractivity (Wildman–Crippen MR) is 77.8 cm³/mol. The second-order valence-electron chi connectivity index (χ2n) is 5.88. The molecule has 0 radical (unpaired) electrons. The van der Waals surface area contributed by atoms with Gasteiger partial charge in [-0.15, -0.1) is 0 Å². The third kappa shape index (κ3) is 2.17. The Kier molecular flexibility index (Phi) is 3.80. The van der Waals surface area contributed by atoms with Crippen molar-refractivity contribution in [3.8, 4) is 0 Å². The van der Waals surface area contributed by atoms with Crippen molar-refractivity contribution >= 4 is 11.6 Å². The van der Waals surface area contributed by atoms with Gasteiger partial charge in [-0.1, -0.05) is 37.1 Å². The number of methoxy groups -OCH3 is 1. The Labute approximate surface area is 125 Å². The number of benzene rings is 1. The maximum atomic E-state index is 6.13. The highest BCUT2D eigenvalue weighted by Crippen LogP contribution is 2.52. The molecule has 0 saturated carbocycles. The molecular weight excluding hydrogens is 276 g/mol. The summed E-state index contributed by atoms with van der Waals surface area (Å²) in [6.07, 6.45) is 3.11. The van der Waals surface area contributed by atoms with Gasteiger partial charge in [0.05, 0.1) is 19.3 Å². The summed E-state index contributed by atoms with van der Waals surface area (Å²) in [7, 11) is 1.79. The number of ether oxygens (including phenoxy) is 3. The van der Waals surface area contributed by atoms with E-state index in [2.05, 4.69) is 6.92 Å². The van der Waals surface area contributed by atoms with Crippen LogP contribution in [0.2, 0.25) is 5.02 Å². The molecule has 3 heterocycles. The van der Waals surface area contributed by atoms with Gasteiger partial charge >= 0.3 is 0 Å². The minimum atomic E-state index is -0.666. The summed E-state index contributed by atoms with van der Waals surface area (Å²) in [6, 6.07) is 7.71. The van der Waals surface area contributed by atoms with E-state index in [0.29, 0.717) is 13.2 Å². The van der Waals surface area contributed by atoms with E-state index in [0.717, 1.165) is 29.8 Å². The Morgan fingerprint density at radius 2 is 1.90 bits per heavy atom. The zero-order valence-electron chi connectivity index (χ0n) is 12.0. The molecule has 3 fully saturated rings. The molecule has 110 valence electrons. The maximum Gasteiger partial charge on any atom is 0.197 e. The summed E-state index contributed by atoms with van der Waals surface area (Å²) in [5, 5.41) is 0.723. The average Bonchev–Trinajstić information content (AvgIpc) is 2.49. The lowest BCUT2D eigenvalue weighted by atomic mass is 9.71. The lowest BCUT2D eigenvalue weighted by Crippen LogP contribution is -2.61. The fourth-order valence-electron chi connectivity index (χ4n) is 3.49. The van der Waals surface area contributed by atoms with Gasteiger partial charge in [-0.2, -0.15) is 0 Å². The van der Waals surface area contributed by atoms with Gasteiger partial charge in [0.2, 0.25) is 0 Å². The number of hydrogen-bond donors (Lipinski definition) is 0. The molecule has 0 spiro atoms. The van der Waals surface area contributed by atoms with Crippen molar-refractivity contribution in [2.24, 2.45) is 5.41 Å². The van der Waals surface area contributed by atoms with Gasteiger partial charge in [0, 0.05) is 29.5 Å². The molecule has 0 N–H and O–H groups in total. The van der Waals surface area contributed by atoms with Gasteiger partial charge < -0.3 is 14.2 Å². The fraction of sp³-hybridized carbons (Fsp3) is 0.625. The second kappa shape index (κ2) is 5.30. The fourth-order valence-corrected chi connectivity index (χ4v) is 3.62. The van der Waals surface area contributed by atoms with E-state index in [4.69, 9.17) is 25.8 Å². The molecule has 0 aromatic heterocycles. The zero-order valence-corrected chi connectivity index (χ0v) is 12.8. The van der Waals surface area contributed by atoms with Crippen molar-refractivity contribution < 1.29 is 14.2 Å². The molecule has 3 aliphatic heterocycles. The van der Waals surface area contributed by atoms with Gasteiger partial charge in [-0.25, -0.2) is 0 Å². The van der Waals surface area contributed by atoms with Crippen molar-refractivity contribution in [3.05, 3.63) is 34.9 Å². The van der Waals surface area contributed by atoms with E-state index in [9.17, 15) is 0 Å². The first-order valence-corrected chi connectivity index (χ1v) is 7.59. The van der Waals surface area contributed by atoms with Gasteiger partial charge in [0.15, 0.2) is 5.79 Å². The van der Waals surface area contributed by atoms with Crippen LogP contribution in [0.5, 0.6) is 0 Å². The normalized spacial score (nSPS) is 36.2. The topological polar surface area (TPSA) is 27.7 Å². The quantitative estimate of drug-likeness (QED) is 0.847. The van der Waals surface area contributed by atoms with Gasteiger partial charge in [-0.05, 0) is 18.6 Å². The van der Waals surface area contributed by atoms with Crippen molar-refractivity contribution in [2.45, 2.75) is 38.1 Å². The summed E-state index contributed by atoms with van der Waals surface area (Å²) >= 11 is 5.96. The van der Waals surface area contributed by atoms with Crippen molar-refractivity contribution in [3.63, 3.8) is 0 Å². The first-order valence-electron chi connectivity index (χ1n) is 7.21. The molecule has 2 bridgehead atoms. The number of hydrogen-bond acceptors (Lipinski definition) is 3. The largest absolute Gasteiger partial charge is 0.380 e. The smallest absolute Gasteiger partial charge is 0.197 e. The molecule has 3 saturated heterocycles. The van der Waals surface area contributed by atoms with E-state index in [1.807, 2.05) is 24.3 Å². The van der Waals surface area contributed by atoms with Crippen LogP contribution >= 0.6 is 11.6 Å². The molecule has 3 nitrogen and oxygen atoms in total. The number of rotatable bonds is 4. The van der Waals surface area contributed by atoms with Gasteiger partial charge in [-0.3, -0.25) is 0 Å². The summed E-state index contributed by atoms with van der Waals surface area (Å²) < 4.78 is 18.0. The molecule has 3 aliphatic rings. The summed E-state index contributed by atoms with van der Waals surface area (Å²) in [5.74, 6) is -0.666. The molecule has 4 heteroatoms. The molecule has 20 heavy (non-hydrogen) atoms. The minimum absolute atomic E-state index is 0.0116. The Morgan fingerprint density at radius 3 is 2.45 bits per heavy atom. The Hall–Kier alpha value is -0.610. The van der Waals surface area contributed by atoms with Crippen LogP contribution in [-0.4, -0.2) is 26.4 Å². The molecule has 0 amide bonds. The average molecular weight is 297 g/mol. The van der Waals surface area contributed by atoms with Crippen LogP contribution in [-0.2, 0) is 20.0 Å². The van der Waals surface area contributed by atoms with Crippen molar-refractivity contribution in [2.75, 3.05) is 20.3 Å². The highest BCUT2D eigenvalue weighted by molar-refractivity contribution is 6.30. The van der Waals surface area contributed by atoms with Crippen LogP contribution in [0.15, 0.2) is 24.3 Å². The molecule has 1 unspecified atom stereocenters. The first-order chi connectivity index (χ1) is 9.64. The SMILES string of the molecule is CCCC12COC(c3ccc(Cl)cc3)(CC1OC)OC2. The highest BCUT2D eigenvalue weighted by atomic mass is 35.5. The lowest BCUT2D eigenvalue weighted by Gasteiger charge is -2.56.